The van der Waals surface area contributed by atoms with Crippen LogP contribution in [0.25, 0.3) is 33.3 Å². The molecule has 0 saturated carbocycles. The zero-order valence-corrected chi connectivity index (χ0v) is 16.7. The maximum absolute atomic E-state index is 14.1. The van der Waals surface area contributed by atoms with E-state index in [1.165, 1.54) is 0 Å². The number of hydrogen-bond donors (Lipinski definition) is 0. The minimum atomic E-state index is -1.69. The van der Waals surface area contributed by atoms with Gasteiger partial charge in [-0.05, 0) is 34.9 Å². The Morgan fingerprint density at radius 2 is 1.16 bits per heavy atom. The number of fused-ring (bicyclic) bond motifs is 1. The third-order valence-electron chi connectivity index (χ3n) is 5.49. The molecule has 0 bridgehead atoms. The lowest BCUT2D eigenvalue weighted by molar-refractivity contribution is 0.426. The van der Waals surface area contributed by atoms with Gasteiger partial charge in [0.05, 0.1) is 11.1 Å². The fraction of sp³-hybridized carbons (Fsp3) is 0. The van der Waals surface area contributed by atoms with Crippen molar-refractivity contribution in [2.24, 2.45) is 0 Å². The number of para-hydroxylation sites is 1. The van der Waals surface area contributed by atoms with Crippen LogP contribution in [-0.2, 0) is 0 Å². The Morgan fingerprint density at radius 3 is 1.84 bits per heavy atom. The molecule has 150 valence electrons. The first-order valence-corrected chi connectivity index (χ1v) is 10.1. The molecule has 1 aromatic heterocycles. The van der Waals surface area contributed by atoms with Crippen LogP contribution in [0.5, 0.6) is 0 Å². The summed E-state index contributed by atoms with van der Waals surface area (Å²) in [5.41, 5.74) is 5.06. The van der Waals surface area contributed by atoms with Crippen LogP contribution in [0.1, 0.15) is 11.1 Å². The summed E-state index contributed by atoms with van der Waals surface area (Å²) in [5, 5.41) is 0.793. The maximum Gasteiger partial charge on any atom is 0.278 e. The third kappa shape index (κ3) is 3.55. The van der Waals surface area contributed by atoms with E-state index in [2.05, 4.69) is 24.3 Å². The number of halogens is 2. The van der Waals surface area contributed by atoms with Gasteiger partial charge >= 0.3 is 0 Å². The minimum Gasteiger partial charge on any atom is -0.316 e. The summed E-state index contributed by atoms with van der Waals surface area (Å²) in [5.74, 6) is 0. The first-order valence-electron chi connectivity index (χ1n) is 10.1. The molecule has 0 N–H and O–H groups in total. The molecule has 1 nitrogen and oxygen atoms in total. The normalized spacial score (nSPS) is 10.9. The summed E-state index contributed by atoms with van der Waals surface area (Å²) in [4.78, 5) is 0. The van der Waals surface area contributed by atoms with Gasteiger partial charge in [0.25, 0.3) is 6.08 Å². The quantitative estimate of drug-likeness (QED) is 0.285. The average molecular weight is 407 g/mol. The van der Waals surface area contributed by atoms with Gasteiger partial charge < -0.3 is 4.57 Å². The fourth-order valence-corrected chi connectivity index (χ4v) is 4.01. The van der Waals surface area contributed by atoms with Crippen LogP contribution < -0.4 is 0 Å². The van der Waals surface area contributed by atoms with E-state index >= 15 is 0 Å². The highest BCUT2D eigenvalue weighted by Crippen LogP contribution is 2.36. The molecule has 0 unspecified atom stereocenters. The van der Waals surface area contributed by atoms with Crippen LogP contribution in [-0.4, -0.2) is 4.57 Å². The molecule has 0 aliphatic heterocycles. The van der Waals surface area contributed by atoms with E-state index in [0.29, 0.717) is 11.1 Å². The van der Waals surface area contributed by atoms with Gasteiger partial charge in [-0.25, -0.2) is 0 Å². The van der Waals surface area contributed by atoms with Crippen LogP contribution in [0.4, 0.5) is 8.78 Å². The maximum atomic E-state index is 14.1. The van der Waals surface area contributed by atoms with Crippen molar-refractivity contribution < 1.29 is 8.78 Å². The SMILES string of the molecule is FC(F)=C(c1ccccc1)c1cn(-c2ccc(-c3ccccc3)cc2)c2ccccc12. The molecule has 4 aromatic carbocycles. The molecule has 0 saturated heterocycles. The fourth-order valence-electron chi connectivity index (χ4n) is 4.01. The van der Waals surface area contributed by atoms with Crippen molar-refractivity contribution in [2.75, 3.05) is 0 Å². The van der Waals surface area contributed by atoms with Crippen LogP contribution in [0, 0.1) is 0 Å². The highest BCUT2D eigenvalue weighted by atomic mass is 19.3. The Kier molecular flexibility index (Phi) is 4.93. The largest absolute Gasteiger partial charge is 0.316 e. The molecule has 5 aromatic rings. The molecular formula is C28H19F2N. The van der Waals surface area contributed by atoms with Crippen molar-refractivity contribution in [3.8, 4) is 16.8 Å². The first-order chi connectivity index (χ1) is 15.2. The van der Waals surface area contributed by atoms with Gasteiger partial charge in [0, 0.05) is 22.8 Å². The second-order valence-electron chi connectivity index (χ2n) is 7.34. The standard InChI is InChI=1S/C28H19F2N/c29-28(30)27(22-11-5-2-6-12-22)25-19-31(26-14-8-7-13-24(25)26)23-17-15-21(16-18-23)20-9-3-1-4-10-20/h1-19H. The van der Waals surface area contributed by atoms with Gasteiger partial charge in [-0.1, -0.05) is 91.0 Å². The molecule has 0 amide bonds. The van der Waals surface area contributed by atoms with E-state index in [1.807, 2.05) is 71.4 Å². The lowest BCUT2D eigenvalue weighted by atomic mass is 9.99. The molecular weight excluding hydrogens is 388 g/mol. The smallest absolute Gasteiger partial charge is 0.278 e. The molecule has 1 heterocycles. The van der Waals surface area contributed by atoms with E-state index in [4.69, 9.17) is 0 Å². The Labute approximate surface area is 179 Å². The van der Waals surface area contributed by atoms with E-state index in [1.54, 1.807) is 24.3 Å². The summed E-state index contributed by atoms with van der Waals surface area (Å²) < 4.78 is 30.2. The Hall–Kier alpha value is -3.98. The summed E-state index contributed by atoms with van der Waals surface area (Å²) >= 11 is 0. The van der Waals surface area contributed by atoms with Gasteiger partial charge in [0.1, 0.15) is 0 Å². The molecule has 0 atom stereocenters. The molecule has 0 fully saturated rings. The van der Waals surface area contributed by atoms with E-state index in [-0.39, 0.29) is 5.57 Å². The molecule has 0 radical (unpaired) electrons. The number of hydrogen-bond acceptors (Lipinski definition) is 0. The van der Waals surface area contributed by atoms with Crippen molar-refractivity contribution in [1.82, 2.24) is 4.57 Å². The van der Waals surface area contributed by atoms with Crippen molar-refractivity contribution in [1.29, 1.82) is 0 Å². The molecule has 3 heteroatoms. The number of aromatic nitrogens is 1. The molecule has 31 heavy (non-hydrogen) atoms. The molecule has 0 spiro atoms. The summed E-state index contributed by atoms with van der Waals surface area (Å²) in [6, 6.07) is 34.8. The zero-order chi connectivity index (χ0) is 21.2. The molecule has 0 aliphatic carbocycles. The lowest BCUT2D eigenvalue weighted by Crippen LogP contribution is -1.92. The number of nitrogens with zero attached hydrogens (tertiary/aromatic N) is 1. The van der Waals surface area contributed by atoms with Gasteiger partial charge in [-0.2, -0.15) is 8.78 Å². The monoisotopic (exact) mass is 407 g/mol. The van der Waals surface area contributed by atoms with Gasteiger partial charge in [-0.15, -0.1) is 0 Å². The summed E-state index contributed by atoms with van der Waals surface area (Å²) in [6.45, 7) is 0. The van der Waals surface area contributed by atoms with Crippen LogP contribution in [0.3, 0.4) is 0 Å². The van der Waals surface area contributed by atoms with Crippen LogP contribution in [0.15, 0.2) is 121 Å². The van der Waals surface area contributed by atoms with Gasteiger partial charge in [0.15, 0.2) is 0 Å². The zero-order valence-electron chi connectivity index (χ0n) is 16.7. The van der Waals surface area contributed by atoms with Crippen LogP contribution >= 0.6 is 0 Å². The highest BCUT2D eigenvalue weighted by Gasteiger charge is 2.18. The third-order valence-corrected chi connectivity index (χ3v) is 5.49. The van der Waals surface area contributed by atoms with Gasteiger partial charge in [0.2, 0.25) is 0 Å². The van der Waals surface area contributed by atoms with Gasteiger partial charge in [-0.3, -0.25) is 0 Å². The van der Waals surface area contributed by atoms with E-state index in [0.717, 1.165) is 27.7 Å². The number of rotatable bonds is 4. The topological polar surface area (TPSA) is 4.93 Å². The van der Waals surface area contributed by atoms with Crippen LogP contribution in [0.2, 0.25) is 0 Å². The van der Waals surface area contributed by atoms with Crippen molar-refractivity contribution in [3.63, 3.8) is 0 Å². The average Bonchev–Trinajstić information content (AvgIpc) is 3.20. The molecule has 0 aliphatic rings. The Bertz CT molecular complexity index is 1360. The minimum absolute atomic E-state index is 0.0311. The van der Waals surface area contributed by atoms with E-state index in [9.17, 15) is 8.78 Å². The second-order valence-corrected chi connectivity index (χ2v) is 7.34. The highest BCUT2D eigenvalue weighted by molar-refractivity contribution is 5.98. The van der Waals surface area contributed by atoms with E-state index < -0.39 is 6.08 Å². The Morgan fingerprint density at radius 1 is 0.581 bits per heavy atom. The first kappa shape index (κ1) is 19.0. The van der Waals surface area contributed by atoms with Crippen molar-refractivity contribution >= 4 is 16.5 Å². The summed E-state index contributed by atoms with van der Waals surface area (Å²) in [6.07, 6.45) is 0.123. The number of benzene rings is 4. The van der Waals surface area contributed by atoms with Crippen molar-refractivity contribution in [3.05, 3.63) is 133 Å². The lowest BCUT2D eigenvalue weighted by Gasteiger charge is -2.07. The predicted octanol–water partition coefficient (Wildman–Crippen LogP) is 7.95. The van der Waals surface area contributed by atoms with Crippen molar-refractivity contribution in [2.45, 2.75) is 0 Å². The predicted molar refractivity (Wildman–Crippen MR) is 123 cm³/mol. The second kappa shape index (κ2) is 8.04. The Balaban J connectivity index is 1.66. The molecule has 5 rings (SSSR count). The summed E-state index contributed by atoms with van der Waals surface area (Å²) in [7, 11) is 0.